The third-order valence-electron chi connectivity index (χ3n) is 5.96. The molecule has 1 saturated carbocycles. The average Bonchev–Trinajstić information content (AvgIpc) is 2.80. The molecule has 0 atom stereocenters. The number of carbonyl (C=O) groups is 3. The Morgan fingerprint density at radius 2 is 1.74 bits per heavy atom. The molecule has 8 nitrogen and oxygen atoms in total. The van der Waals surface area contributed by atoms with E-state index in [1.54, 1.807) is 11.9 Å². The number of carbonyl (C=O) groups excluding carboxylic acids is 2. The molecular formula is C25H28Cl2N2O6. The minimum Gasteiger partial charge on any atom is -0.507 e. The quantitative estimate of drug-likeness (QED) is 0.350. The van der Waals surface area contributed by atoms with Crippen LogP contribution in [0.4, 0.5) is 5.69 Å². The molecular weight excluding hydrogens is 495 g/mol. The van der Waals surface area contributed by atoms with Crippen molar-refractivity contribution in [2.75, 3.05) is 18.9 Å². The van der Waals surface area contributed by atoms with E-state index in [4.69, 9.17) is 33.0 Å². The van der Waals surface area contributed by atoms with Gasteiger partial charge in [-0.2, -0.15) is 0 Å². The molecule has 2 aromatic carbocycles. The fourth-order valence-corrected chi connectivity index (χ4v) is 4.66. The highest BCUT2D eigenvalue weighted by atomic mass is 35.5. The summed E-state index contributed by atoms with van der Waals surface area (Å²) in [6, 6.07) is 7.00. The second-order valence-corrected chi connectivity index (χ2v) is 9.50. The summed E-state index contributed by atoms with van der Waals surface area (Å²) in [5.41, 5.74) is 0.304. The topological polar surface area (TPSA) is 116 Å². The Hall–Kier alpha value is -2.97. The van der Waals surface area contributed by atoms with Crippen molar-refractivity contribution < 1.29 is 29.3 Å². The number of carboxylic acid groups (broad SMARTS) is 1. The first-order valence-corrected chi connectivity index (χ1v) is 12.2. The molecule has 10 heteroatoms. The molecule has 0 radical (unpaired) electrons. The number of nitrogens with zero attached hydrogens (tertiary/aromatic N) is 1. The number of phenols is 1. The molecule has 188 valence electrons. The van der Waals surface area contributed by atoms with Crippen molar-refractivity contribution in [3.8, 4) is 17.2 Å². The van der Waals surface area contributed by atoms with Crippen LogP contribution >= 0.6 is 23.2 Å². The normalized spacial score (nSPS) is 13.8. The van der Waals surface area contributed by atoms with E-state index in [0.29, 0.717) is 12.5 Å². The van der Waals surface area contributed by atoms with Crippen LogP contribution in [0, 0.1) is 5.92 Å². The Bertz CT molecular complexity index is 1080. The van der Waals surface area contributed by atoms with Gasteiger partial charge in [0.05, 0.1) is 15.6 Å². The smallest absolute Gasteiger partial charge is 0.312 e. The maximum atomic E-state index is 13.0. The number of ether oxygens (including phenoxy) is 1. The predicted octanol–water partition coefficient (Wildman–Crippen LogP) is 5.95. The predicted molar refractivity (Wildman–Crippen MR) is 134 cm³/mol. The van der Waals surface area contributed by atoms with Crippen molar-refractivity contribution >= 4 is 46.7 Å². The number of hydrogen-bond acceptors (Lipinski definition) is 5. The van der Waals surface area contributed by atoms with E-state index in [1.165, 1.54) is 62.4 Å². The molecule has 0 spiro atoms. The number of carboxylic acids is 1. The van der Waals surface area contributed by atoms with E-state index in [-0.39, 0.29) is 44.5 Å². The third kappa shape index (κ3) is 7.50. The Kier molecular flexibility index (Phi) is 9.23. The van der Waals surface area contributed by atoms with Crippen LogP contribution in [0.2, 0.25) is 10.0 Å². The number of amides is 2. The molecule has 3 rings (SSSR count). The van der Waals surface area contributed by atoms with Crippen molar-refractivity contribution in [3.05, 3.63) is 45.9 Å². The van der Waals surface area contributed by atoms with Gasteiger partial charge in [0.25, 0.3) is 5.91 Å². The van der Waals surface area contributed by atoms with E-state index in [1.807, 2.05) is 0 Å². The average molecular weight is 523 g/mol. The molecule has 35 heavy (non-hydrogen) atoms. The molecule has 0 aromatic heterocycles. The number of hydrogen-bond donors (Lipinski definition) is 3. The molecule has 0 unspecified atom stereocenters. The van der Waals surface area contributed by atoms with Gasteiger partial charge in [0.15, 0.2) is 5.75 Å². The van der Waals surface area contributed by atoms with E-state index in [0.717, 1.165) is 6.42 Å². The molecule has 0 heterocycles. The number of rotatable bonds is 9. The van der Waals surface area contributed by atoms with Crippen molar-refractivity contribution in [2.45, 2.75) is 44.9 Å². The highest BCUT2D eigenvalue weighted by Crippen LogP contribution is 2.40. The number of benzene rings is 2. The minimum atomic E-state index is -1.27. The first-order chi connectivity index (χ1) is 16.6. The molecule has 1 aliphatic rings. The second kappa shape index (κ2) is 12.1. The van der Waals surface area contributed by atoms with Gasteiger partial charge < -0.3 is 25.2 Å². The van der Waals surface area contributed by atoms with Gasteiger partial charge in [-0.1, -0.05) is 55.3 Å². The van der Waals surface area contributed by atoms with Gasteiger partial charge in [-0.3, -0.25) is 14.4 Å². The van der Waals surface area contributed by atoms with Gasteiger partial charge in [0.1, 0.15) is 17.9 Å². The summed E-state index contributed by atoms with van der Waals surface area (Å²) < 4.78 is 5.79. The Morgan fingerprint density at radius 3 is 2.37 bits per heavy atom. The Labute approximate surface area is 213 Å². The van der Waals surface area contributed by atoms with Crippen LogP contribution in [-0.4, -0.2) is 46.5 Å². The SMILES string of the molecule is CN(CCC1CCCCC1)C(=O)c1cc(Oc2c(Cl)cc(NC(=O)CC(=O)O)cc2Cl)ccc1O. The molecule has 2 aromatic rings. The highest BCUT2D eigenvalue weighted by Gasteiger charge is 2.21. The van der Waals surface area contributed by atoms with Gasteiger partial charge in [-0.15, -0.1) is 0 Å². The lowest BCUT2D eigenvalue weighted by Gasteiger charge is -2.25. The van der Waals surface area contributed by atoms with Crippen molar-refractivity contribution in [2.24, 2.45) is 5.92 Å². The van der Waals surface area contributed by atoms with E-state index < -0.39 is 18.3 Å². The lowest BCUT2D eigenvalue weighted by molar-refractivity contribution is -0.139. The standard InChI is InChI=1S/C25H28Cl2N2O6/c1-29(10-9-15-5-3-2-4-6-15)25(34)18-13-17(7-8-21(18)30)35-24-19(26)11-16(12-20(24)27)28-22(31)14-23(32)33/h7-8,11-13,15,30H,2-6,9-10,14H2,1H3,(H,28,31)(H,32,33). The van der Waals surface area contributed by atoms with Gasteiger partial charge in [-0.05, 0) is 42.7 Å². The summed E-state index contributed by atoms with van der Waals surface area (Å²) in [7, 11) is 1.71. The summed E-state index contributed by atoms with van der Waals surface area (Å²) in [5, 5.41) is 21.5. The molecule has 2 amide bonds. The first-order valence-electron chi connectivity index (χ1n) is 11.4. The molecule has 3 N–H and O–H groups in total. The van der Waals surface area contributed by atoms with Gasteiger partial charge in [-0.25, -0.2) is 0 Å². The van der Waals surface area contributed by atoms with Crippen LogP contribution in [0.1, 0.15) is 55.3 Å². The van der Waals surface area contributed by atoms with Gasteiger partial charge in [0.2, 0.25) is 5.91 Å². The zero-order valence-corrected chi connectivity index (χ0v) is 20.9. The minimum absolute atomic E-state index is 0.0636. The number of anilines is 1. The number of halogens is 2. The summed E-state index contributed by atoms with van der Waals surface area (Å²) >= 11 is 12.5. The maximum Gasteiger partial charge on any atom is 0.312 e. The number of phenolic OH excluding ortho intramolecular Hbond substituents is 1. The lowest BCUT2D eigenvalue weighted by Crippen LogP contribution is -2.29. The lowest BCUT2D eigenvalue weighted by atomic mass is 9.87. The zero-order valence-electron chi connectivity index (χ0n) is 19.4. The largest absolute Gasteiger partial charge is 0.507 e. The summed E-state index contributed by atoms with van der Waals surface area (Å²) in [6.45, 7) is 0.598. The number of aliphatic carboxylic acids is 1. The fraction of sp³-hybridized carbons (Fsp3) is 0.400. The number of aromatic hydroxyl groups is 1. The monoisotopic (exact) mass is 522 g/mol. The fourth-order valence-electron chi connectivity index (χ4n) is 4.10. The van der Waals surface area contributed by atoms with Crippen LogP contribution in [0.15, 0.2) is 30.3 Å². The van der Waals surface area contributed by atoms with E-state index >= 15 is 0 Å². The van der Waals surface area contributed by atoms with E-state index in [9.17, 15) is 19.5 Å². The van der Waals surface area contributed by atoms with Gasteiger partial charge in [0, 0.05) is 19.3 Å². The van der Waals surface area contributed by atoms with E-state index in [2.05, 4.69) is 5.32 Å². The Balaban J connectivity index is 1.70. The second-order valence-electron chi connectivity index (χ2n) is 8.69. The summed E-state index contributed by atoms with van der Waals surface area (Å²) in [5.74, 6) is -1.54. The molecule has 0 saturated heterocycles. The third-order valence-corrected chi connectivity index (χ3v) is 6.52. The van der Waals surface area contributed by atoms with Crippen molar-refractivity contribution in [1.82, 2.24) is 4.90 Å². The Morgan fingerprint density at radius 1 is 1.09 bits per heavy atom. The van der Waals surface area contributed by atoms with Crippen LogP contribution in [0.25, 0.3) is 0 Å². The van der Waals surface area contributed by atoms with Crippen molar-refractivity contribution in [3.63, 3.8) is 0 Å². The van der Waals surface area contributed by atoms with Gasteiger partial charge >= 0.3 is 5.97 Å². The first kappa shape index (κ1) is 26.6. The maximum absolute atomic E-state index is 13.0. The molecule has 0 bridgehead atoms. The van der Waals surface area contributed by atoms with Crippen LogP contribution in [0.3, 0.4) is 0 Å². The summed E-state index contributed by atoms with van der Waals surface area (Å²) in [4.78, 5) is 36.9. The molecule has 1 aliphatic carbocycles. The van der Waals surface area contributed by atoms with Crippen LogP contribution in [-0.2, 0) is 9.59 Å². The highest BCUT2D eigenvalue weighted by molar-refractivity contribution is 6.37. The zero-order chi connectivity index (χ0) is 25.5. The molecule has 1 fully saturated rings. The summed E-state index contributed by atoms with van der Waals surface area (Å²) in [6.07, 6.45) is 6.38. The van der Waals surface area contributed by atoms with Crippen LogP contribution < -0.4 is 10.1 Å². The van der Waals surface area contributed by atoms with Crippen molar-refractivity contribution in [1.29, 1.82) is 0 Å². The number of nitrogens with one attached hydrogen (secondary N) is 1. The van der Waals surface area contributed by atoms with Crippen LogP contribution in [0.5, 0.6) is 17.2 Å². The molecule has 0 aliphatic heterocycles.